The monoisotopic (exact) mass is 321 g/mol. The Bertz CT molecular complexity index is 508. The van der Waals surface area contributed by atoms with E-state index in [-0.39, 0.29) is 18.8 Å². The molecule has 0 amide bonds. The Labute approximate surface area is 124 Å². The van der Waals surface area contributed by atoms with E-state index in [9.17, 15) is 9.59 Å². The van der Waals surface area contributed by atoms with Gasteiger partial charge in [-0.3, -0.25) is 4.57 Å². The maximum atomic E-state index is 10.7. The van der Waals surface area contributed by atoms with Crippen LogP contribution in [0, 0.1) is 0 Å². The highest BCUT2D eigenvalue weighted by Gasteiger charge is 2.29. The van der Waals surface area contributed by atoms with Gasteiger partial charge in [0.25, 0.3) is 0 Å². The van der Waals surface area contributed by atoms with Gasteiger partial charge in [-0.25, -0.2) is 4.79 Å². The lowest BCUT2D eigenvalue weighted by Gasteiger charge is -2.22. The number of nitrogen functional groups attached to an aromatic ring is 1. The van der Waals surface area contributed by atoms with Gasteiger partial charge in [-0.15, -0.1) is 0 Å². The molecule has 1 aromatic heterocycles. The van der Waals surface area contributed by atoms with E-state index >= 15 is 0 Å². The Morgan fingerprint density at radius 2 is 1.82 bits per heavy atom. The minimum absolute atomic E-state index is 0.0258. The molecule has 0 aliphatic rings. The van der Waals surface area contributed by atoms with E-state index in [1.165, 1.54) is 12.3 Å². The van der Waals surface area contributed by atoms with Crippen LogP contribution >= 0.6 is 0 Å². The normalized spacial score (nSPS) is 15.9. The molecular formula is C11H19N3O8. The molecule has 0 aliphatic carbocycles. The third kappa shape index (κ3) is 6.26. The molecule has 0 spiro atoms. The van der Waals surface area contributed by atoms with E-state index in [1.807, 2.05) is 0 Å². The molecule has 8 N–H and O–H groups in total. The number of rotatable bonds is 6. The zero-order valence-electron chi connectivity index (χ0n) is 11.4. The summed E-state index contributed by atoms with van der Waals surface area (Å²) in [4.78, 5) is 23.9. The van der Waals surface area contributed by atoms with E-state index in [1.54, 1.807) is 0 Å². The average molecular weight is 321 g/mol. The number of aldehydes is 1. The van der Waals surface area contributed by atoms with Gasteiger partial charge >= 0.3 is 5.69 Å². The highest BCUT2D eigenvalue weighted by atomic mass is 16.4. The molecule has 11 nitrogen and oxygen atoms in total. The lowest BCUT2D eigenvalue weighted by atomic mass is 10.0. The molecule has 0 aliphatic heterocycles. The number of carbonyl (C=O) groups excluding carboxylic acids is 1. The molecule has 1 rings (SSSR count). The molecule has 4 unspecified atom stereocenters. The first kappa shape index (κ1) is 20.1. The molecule has 0 saturated heterocycles. The van der Waals surface area contributed by atoms with E-state index in [0.29, 0.717) is 0 Å². The first-order valence-electron chi connectivity index (χ1n) is 6.00. The first-order valence-corrected chi connectivity index (χ1v) is 6.00. The van der Waals surface area contributed by atoms with Crippen molar-refractivity contribution in [1.82, 2.24) is 9.55 Å². The largest absolute Gasteiger partial charge is 0.394 e. The minimum Gasteiger partial charge on any atom is -0.394 e. The van der Waals surface area contributed by atoms with Crippen molar-refractivity contribution in [1.29, 1.82) is 0 Å². The van der Waals surface area contributed by atoms with Crippen molar-refractivity contribution in [3.05, 3.63) is 22.7 Å². The Morgan fingerprint density at radius 1 is 1.23 bits per heavy atom. The van der Waals surface area contributed by atoms with Gasteiger partial charge in [0, 0.05) is 6.20 Å². The molecule has 4 atom stereocenters. The summed E-state index contributed by atoms with van der Waals surface area (Å²) >= 11 is 0. The molecule has 0 radical (unpaired) electrons. The van der Waals surface area contributed by atoms with Crippen LogP contribution in [-0.2, 0) is 11.5 Å². The number of anilines is 1. The van der Waals surface area contributed by atoms with Crippen molar-refractivity contribution in [3.8, 4) is 0 Å². The van der Waals surface area contributed by atoms with Crippen LogP contribution in [-0.4, -0.2) is 77.5 Å². The first-order chi connectivity index (χ1) is 10.3. The van der Waals surface area contributed by atoms with Crippen molar-refractivity contribution in [2.75, 3.05) is 12.3 Å². The van der Waals surface area contributed by atoms with Gasteiger partial charge in [-0.1, -0.05) is 0 Å². The van der Waals surface area contributed by atoms with Crippen LogP contribution < -0.4 is 11.4 Å². The van der Waals surface area contributed by atoms with Crippen LogP contribution in [0.5, 0.6) is 0 Å². The second-order valence-electron chi connectivity index (χ2n) is 4.10. The maximum Gasteiger partial charge on any atom is 0.351 e. The summed E-state index contributed by atoms with van der Waals surface area (Å²) in [7, 11) is 0. The number of nitrogens with two attached hydrogens (primary N) is 1. The van der Waals surface area contributed by atoms with Gasteiger partial charge in [0.05, 0.1) is 6.61 Å². The number of aliphatic hydroxyl groups excluding tert-OH is 6. The van der Waals surface area contributed by atoms with Gasteiger partial charge in [0.2, 0.25) is 0 Å². The van der Waals surface area contributed by atoms with Crippen LogP contribution in [0.2, 0.25) is 0 Å². The van der Waals surface area contributed by atoms with Gasteiger partial charge in [0.1, 0.15) is 37.0 Å². The predicted octanol–water partition coefficient (Wildman–Crippen LogP) is -4.60. The SMILES string of the molecule is Nc1ccn(CO)c(=O)n1.O=CC(O)C(O)C(O)C(O)CO. The summed E-state index contributed by atoms with van der Waals surface area (Å²) in [5.41, 5.74) is 4.64. The Kier molecular flexibility index (Phi) is 9.09. The predicted molar refractivity (Wildman–Crippen MR) is 72.3 cm³/mol. The summed E-state index contributed by atoms with van der Waals surface area (Å²) in [5.74, 6) is 0.162. The third-order valence-electron chi connectivity index (χ3n) is 2.47. The number of aromatic nitrogens is 2. The standard InChI is InChI=1S/C6H12O6.C5H7N3O2/c7-1-3(9)5(11)6(12)4(10)2-8;6-4-1-2-8(3-9)5(10)7-4/h1,3-6,8-12H,2H2;1-2,9H,3H2,(H2,6,7,10). The molecule has 22 heavy (non-hydrogen) atoms. The Balaban J connectivity index is 0.000000406. The number of hydrogen-bond acceptors (Lipinski definition) is 10. The second-order valence-corrected chi connectivity index (χ2v) is 4.10. The number of carbonyl (C=O) groups is 1. The maximum absolute atomic E-state index is 10.7. The molecule has 0 saturated carbocycles. The Morgan fingerprint density at radius 3 is 2.23 bits per heavy atom. The van der Waals surface area contributed by atoms with Crippen molar-refractivity contribution in [3.63, 3.8) is 0 Å². The highest BCUT2D eigenvalue weighted by Crippen LogP contribution is 2.02. The van der Waals surface area contributed by atoms with Crippen LogP contribution in [0.1, 0.15) is 0 Å². The van der Waals surface area contributed by atoms with Gasteiger partial charge in [0.15, 0.2) is 6.29 Å². The molecular weight excluding hydrogens is 302 g/mol. The molecule has 1 heterocycles. The van der Waals surface area contributed by atoms with Gasteiger partial charge in [-0.05, 0) is 6.07 Å². The fourth-order valence-electron chi connectivity index (χ4n) is 1.17. The van der Waals surface area contributed by atoms with E-state index in [4.69, 9.17) is 36.4 Å². The van der Waals surface area contributed by atoms with E-state index in [2.05, 4.69) is 4.98 Å². The van der Waals surface area contributed by atoms with Crippen LogP contribution in [0.25, 0.3) is 0 Å². The molecule has 0 aromatic carbocycles. The summed E-state index contributed by atoms with van der Waals surface area (Å²) < 4.78 is 1.04. The summed E-state index contributed by atoms with van der Waals surface area (Å²) in [6.45, 7) is -1.13. The molecule has 126 valence electrons. The van der Waals surface area contributed by atoms with E-state index < -0.39 is 36.7 Å². The number of hydrogen-bond donors (Lipinski definition) is 7. The minimum atomic E-state index is -1.79. The highest BCUT2D eigenvalue weighted by molar-refractivity contribution is 5.56. The zero-order valence-corrected chi connectivity index (χ0v) is 11.4. The summed E-state index contributed by atoms with van der Waals surface area (Å²) in [5, 5.41) is 52.0. The van der Waals surface area contributed by atoms with Crippen molar-refractivity contribution in [2.24, 2.45) is 0 Å². The smallest absolute Gasteiger partial charge is 0.351 e. The van der Waals surface area contributed by atoms with E-state index in [0.717, 1.165) is 4.57 Å². The van der Waals surface area contributed by atoms with Crippen molar-refractivity contribution in [2.45, 2.75) is 31.1 Å². The molecule has 0 fully saturated rings. The molecule has 0 bridgehead atoms. The zero-order chi connectivity index (χ0) is 17.3. The molecule has 1 aromatic rings. The van der Waals surface area contributed by atoms with Gasteiger partial charge in [-0.2, -0.15) is 4.98 Å². The average Bonchev–Trinajstić information content (AvgIpc) is 2.52. The fraction of sp³-hybridized carbons (Fsp3) is 0.545. The van der Waals surface area contributed by atoms with Gasteiger partial charge < -0.3 is 41.2 Å². The summed E-state index contributed by atoms with van der Waals surface area (Å²) in [6, 6.07) is 1.44. The fourth-order valence-corrected chi connectivity index (χ4v) is 1.17. The van der Waals surface area contributed by atoms with Crippen molar-refractivity contribution < 1.29 is 35.4 Å². The lowest BCUT2D eigenvalue weighted by Crippen LogP contribution is -2.46. The number of aliphatic hydroxyl groups is 6. The lowest BCUT2D eigenvalue weighted by molar-refractivity contribution is -0.136. The van der Waals surface area contributed by atoms with Crippen LogP contribution in [0.3, 0.4) is 0 Å². The second kappa shape index (κ2) is 9.94. The molecule has 11 heteroatoms. The summed E-state index contributed by atoms with van der Waals surface area (Å²) in [6.07, 6.45) is -5.46. The topological polar surface area (TPSA) is 199 Å². The van der Waals surface area contributed by atoms with Crippen LogP contribution in [0.15, 0.2) is 17.1 Å². The third-order valence-corrected chi connectivity index (χ3v) is 2.47. The van der Waals surface area contributed by atoms with Crippen LogP contribution in [0.4, 0.5) is 5.82 Å². The van der Waals surface area contributed by atoms with Crippen molar-refractivity contribution >= 4 is 12.1 Å². The number of nitrogens with zero attached hydrogens (tertiary/aromatic N) is 2. The Hall–Kier alpha value is -1.89. The quantitative estimate of drug-likeness (QED) is 0.250.